The predicted octanol–water partition coefficient (Wildman–Crippen LogP) is 3.02. The van der Waals surface area contributed by atoms with Gasteiger partial charge in [-0.2, -0.15) is 0 Å². The van der Waals surface area contributed by atoms with E-state index in [1.807, 2.05) is 0 Å². The van der Waals surface area contributed by atoms with Crippen LogP contribution < -0.4 is 4.74 Å². The number of nitro benzene ring substituents is 1. The molecule has 0 spiro atoms. The highest BCUT2D eigenvalue weighted by atomic mass is 19.1. The molecule has 0 heterocycles. The van der Waals surface area contributed by atoms with Crippen molar-refractivity contribution in [1.82, 2.24) is 0 Å². The van der Waals surface area contributed by atoms with Gasteiger partial charge in [0.05, 0.1) is 10.5 Å². The van der Waals surface area contributed by atoms with E-state index >= 15 is 0 Å². The van der Waals surface area contributed by atoms with Gasteiger partial charge in [0.15, 0.2) is 11.5 Å². The highest BCUT2D eigenvalue weighted by Crippen LogP contribution is 2.27. The summed E-state index contributed by atoms with van der Waals surface area (Å²) >= 11 is 0. The Morgan fingerprint density at radius 3 is 2.68 bits per heavy atom. The smallest absolute Gasteiger partial charge is 0.276 e. The van der Waals surface area contributed by atoms with Crippen LogP contribution in [0.1, 0.15) is 5.56 Å². The average Bonchev–Trinajstić information content (AvgIpc) is 2.37. The summed E-state index contributed by atoms with van der Waals surface area (Å²) in [7, 11) is 0. The number of rotatable bonds is 4. The molecule has 0 aliphatic heterocycles. The molecular formula is C13H10FNO4. The van der Waals surface area contributed by atoms with Crippen LogP contribution in [-0.2, 0) is 6.61 Å². The van der Waals surface area contributed by atoms with Crippen molar-refractivity contribution in [1.29, 1.82) is 0 Å². The summed E-state index contributed by atoms with van der Waals surface area (Å²) in [5.74, 6) is -0.482. The van der Waals surface area contributed by atoms with Crippen molar-refractivity contribution in [2.24, 2.45) is 0 Å². The van der Waals surface area contributed by atoms with Crippen LogP contribution in [0.15, 0.2) is 42.5 Å². The summed E-state index contributed by atoms with van der Waals surface area (Å²) in [4.78, 5) is 10.2. The largest absolute Gasteiger partial charge is 0.504 e. The number of nitro groups is 1. The third-order valence-electron chi connectivity index (χ3n) is 2.49. The van der Waals surface area contributed by atoms with E-state index in [1.54, 1.807) is 12.1 Å². The third kappa shape index (κ3) is 2.98. The Hall–Kier alpha value is -2.63. The zero-order valence-corrected chi connectivity index (χ0v) is 9.75. The molecule has 1 N–H and O–H groups in total. The molecule has 0 aliphatic carbocycles. The fourth-order valence-electron chi connectivity index (χ4n) is 1.58. The molecule has 2 aromatic rings. The number of hydrogen-bond donors (Lipinski definition) is 1. The monoisotopic (exact) mass is 263 g/mol. The molecule has 0 aliphatic rings. The van der Waals surface area contributed by atoms with Gasteiger partial charge in [-0.15, -0.1) is 0 Å². The number of hydrogen-bond acceptors (Lipinski definition) is 4. The summed E-state index contributed by atoms with van der Waals surface area (Å²) in [6.45, 7) is -0.203. The first kappa shape index (κ1) is 12.8. The zero-order chi connectivity index (χ0) is 13.8. The van der Waals surface area contributed by atoms with E-state index in [0.29, 0.717) is 0 Å². The van der Waals surface area contributed by atoms with Crippen molar-refractivity contribution in [3.05, 3.63) is 64.0 Å². The SMILES string of the molecule is O=[N+]([O-])c1ccc(F)cc1COc1ccccc1O. The Morgan fingerprint density at radius 2 is 2.00 bits per heavy atom. The quantitative estimate of drug-likeness (QED) is 0.679. The lowest BCUT2D eigenvalue weighted by atomic mass is 10.2. The first-order valence-electron chi connectivity index (χ1n) is 5.41. The maximum atomic E-state index is 13.1. The van der Waals surface area contributed by atoms with Crippen molar-refractivity contribution in [3.8, 4) is 11.5 Å². The van der Waals surface area contributed by atoms with E-state index in [2.05, 4.69) is 0 Å². The van der Waals surface area contributed by atoms with Crippen LogP contribution in [0.4, 0.5) is 10.1 Å². The lowest BCUT2D eigenvalue weighted by molar-refractivity contribution is -0.385. The molecule has 0 unspecified atom stereocenters. The van der Waals surface area contributed by atoms with Crippen LogP contribution in [-0.4, -0.2) is 10.0 Å². The zero-order valence-electron chi connectivity index (χ0n) is 9.75. The maximum Gasteiger partial charge on any atom is 0.276 e. The van der Waals surface area contributed by atoms with Gasteiger partial charge in [0, 0.05) is 6.07 Å². The normalized spacial score (nSPS) is 10.2. The third-order valence-corrected chi connectivity index (χ3v) is 2.49. The molecule has 19 heavy (non-hydrogen) atoms. The van der Waals surface area contributed by atoms with E-state index in [0.717, 1.165) is 18.2 Å². The second-order valence-electron chi connectivity index (χ2n) is 3.79. The number of phenolic OH excluding ortho intramolecular Hbond substituents is 1. The van der Waals surface area contributed by atoms with E-state index in [1.165, 1.54) is 12.1 Å². The number of aromatic hydroxyl groups is 1. The topological polar surface area (TPSA) is 72.6 Å². The van der Waals surface area contributed by atoms with E-state index < -0.39 is 10.7 Å². The number of para-hydroxylation sites is 2. The lowest BCUT2D eigenvalue weighted by Crippen LogP contribution is -2.01. The highest BCUT2D eigenvalue weighted by molar-refractivity contribution is 5.42. The van der Waals surface area contributed by atoms with Crippen molar-refractivity contribution in [2.75, 3.05) is 0 Å². The van der Waals surface area contributed by atoms with Gasteiger partial charge in [-0.3, -0.25) is 10.1 Å². The van der Waals surface area contributed by atoms with Crippen LogP contribution >= 0.6 is 0 Å². The number of nitrogens with zero attached hydrogens (tertiary/aromatic N) is 1. The molecule has 6 heteroatoms. The maximum absolute atomic E-state index is 13.1. The minimum atomic E-state index is -0.608. The van der Waals surface area contributed by atoms with Crippen LogP contribution in [0.2, 0.25) is 0 Å². The second-order valence-corrected chi connectivity index (χ2v) is 3.79. The van der Waals surface area contributed by atoms with Crippen LogP contribution in [0.25, 0.3) is 0 Å². The molecular weight excluding hydrogens is 253 g/mol. The summed E-state index contributed by atoms with van der Waals surface area (Å²) < 4.78 is 18.3. The molecule has 2 rings (SSSR count). The molecule has 0 saturated carbocycles. The average molecular weight is 263 g/mol. The number of benzene rings is 2. The highest BCUT2D eigenvalue weighted by Gasteiger charge is 2.15. The van der Waals surface area contributed by atoms with Crippen molar-refractivity contribution >= 4 is 5.69 Å². The van der Waals surface area contributed by atoms with Gasteiger partial charge in [0.1, 0.15) is 12.4 Å². The molecule has 0 fully saturated rings. The number of phenols is 1. The molecule has 5 nitrogen and oxygen atoms in total. The minimum absolute atomic E-state index is 0.0819. The lowest BCUT2D eigenvalue weighted by Gasteiger charge is -2.08. The van der Waals surface area contributed by atoms with Gasteiger partial charge in [0.2, 0.25) is 0 Å². The van der Waals surface area contributed by atoms with E-state index in [-0.39, 0.29) is 29.4 Å². The van der Waals surface area contributed by atoms with Crippen LogP contribution in [0.5, 0.6) is 11.5 Å². The van der Waals surface area contributed by atoms with E-state index in [9.17, 15) is 19.6 Å². The number of ether oxygens (including phenoxy) is 1. The molecule has 0 radical (unpaired) electrons. The Morgan fingerprint density at radius 1 is 1.26 bits per heavy atom. The standard InChI is InChI=1S/C13H10FNO4/c14-10-5-6-11(15(17)18)9(7-10)8-19-13-4-2-1-3-12(13)16/h1-7,16H,8H2. The molecule has 0 atom stereocenters. The fourth-order valence-corrected chi connectivity index (χ4v) is 1.58. The molecule has 0 aromatic heterocycles. The van der Waals surface area contributed by atoms with E-state index in [4.69, 9.17) is 4.74 Å². The second kappa shape index (κ2) is 5.34. The predicted molar refractivity (Wildman–Crippen MR) is 65.5 cm³/mol. The van der Waals surface area contributed by atoms with Gasteiger partial charge in [-0.1, -0.05) is 12.1 Å². The van der Waals surface area contributed by atoms with Gasteiger partial charge < -0.3 is 9.84 Å². The van der Waals surface area contributed by atoms with Crippen molar-refractivity contribution in [2.45, 2.75) is 6.61 Å². The minimum Gasteiger partial charge on any atom is -0.504 e. The van der Waals surface area contributed by atoms with Crippen LogP contribution in [0, 0.1) is 15.9 Å². The molecule has 0 amide bonds. The first-order chi connectivity index (χ1) is 9.08. The summed E-state index contributed by atoms with van der Waals surface area (Å²) in [6.07, 6.45) is 0. The van der Waals surface area contributed by atoms with Crippen LogP contribution in [0.3, 0.4) is 0 Å². The molecule has 0 bridgehead atoms. The Kier molecular flexibility index (Phi) is 3.61. The summed E-state index contributed by atoms with van der Waals surface area (Å²) in [5, 5.41) is 20.3. The molecule has 0 saturated heterocycles. The van der Waals surface area contributed by atoms with Gasteiger partial charge in [-0.05, 0) is 24.3 Å². The molecule has 98 valence electrons. The fraction of sp³-hybridized carbons (Fsp3) is 0.0769. The summed E-state index contributed by atoms with van der Waals surface area (Å²) in [5.41, 5.74) is -0.120. The Bertz CT molecular complexity index is 615. The molecule has 2 aromatic carbocycles. The van der Waals surface area contributed by atoms with Crippen molar-refractivity contribution in [3.63, 3.8) is 0 Å². The van der Waals surface area contributed by atoms with Gasteiger partial charge >= 0.3 is 0 Å². The first-order valence-corrected chi connectivity index (χ1v) is 5.41. The van der Waals surface area contributed by atoms with Gasteiger partial charge in [0.25, 0.3) is 5.69 Å². The Labute approximate surface area is 108 Å². The number of halogens is 1. The van der Waals surface area contributed by atoms with Gasteiger partial charge in [-0.25, -0.2) is 4.39 Å². The van der Waals surface area contributed by atoms with Crippen molar-refractivity contribution < 1.29 is 19.2 Å². The Balaban J connectivity index is 2.22. The summed E-state index contributed by atoms with van der Waals surface area (Å²) in [6, 6.07) is 9.34.